The highest BCUT2D eigenvalue weighted by molar-refractivity contribution is 6.03. The Balaban J connectivity index is 1.47. The Morgan fingerprint density at radius 1 is 1.00 bits per heavy atom. The molecule has 1 aliphatic rings. The molecule has 1 saturated heterocycles. The molecule has 4 aromatic rings. The van der Waals surface area contributed by atoms with Crippen LogP contribution >= 0.6 is 0 Å². The minimum Gasteiger partial charge on any atom is -0.496 e. The molecule has 0 unspecified atom stereocenters. The van der Waals surface area contributed by atoms with Gasteiger partial charge in [-0.1, -0.05) is 42.8 Å². The Kier molecular flexibility index (Phi) is 8.27. The Hall–Kier alpha value is -4.03. The van der Waals surface area contributed by atoms with Crippen LogP contribution in [-0.2, 0) is 6.54 Å². The monoisotopic (exact) mass is 537 g/mol. The number of hydrogen-bond acceptors (Lipinski definition) is 4. The fourth-order valence-corrected chi connectivity index (χ4v) is 5.68. The molecule has 1 fully saturated rings. The fourth-order valence-electron chi connectivity index (χ4n) is 5.68. The first kappa shape index (κ1) is 27.5. The number of benzene rings is 3. The van der Waals surface area contributed by atoms with Crippen LogP contribution in [-0.4, -0.2) is 35.5 Å². The van der Waals surface area contributed by atoms with Crippen molar-refractivity contribution in [3.05, 3.63) is 101 Å². The Morgan fingerprint density at radius 2 is 1.75 bits per heavy atom. The zero-order valence-electron chi connectivity index (χ0n) is 23.6. The van der Waals surface area contributed by atoms with E-state index >= 15 is 4.39 Å². The van der Waals surface area contributed by atoms with Crippen LogP contribution in [0.3, 0.4) is 0 Å². The molecule has 0 saturated carbocycles. The lowest BCUT2D eigenvalue weighted by molar-refractivity contribution is 0.102. The molecule has 1 amide bonds. The van der Waals surface area contributed by atoms with Gasteiger partial charge in [0.1, 0.15) is 17.3 Å². The van der Waals surface area contributed by atoms with Gasteiger partial charge in [-0.2, -0.15) is 0 Å². The van der Waals surface area contributed by atoms with E-state index in [1.807, 2.05) is 43.3 Å². The van der Waals surface area contributed by atoms with Gasteiger partial charge in [-0.3, -0.25) is 14.7 Å². The Morgan fingerprint density at radius 3 is 2.48 bits per heavy atom. The number of amides is 1. The normalized spacial score (nSPS) is 15.6. The first-order valence-corrected chi connectivity index (χ1v) is 13.9. The van der Waals surface area contributed by atoms with E-state index in [1.54, 1.807) is 37.6 Å². The van der Waals surface area contributed by atoms with E-state index in [4.69, 9.17) is 4.74 Å². The molecule has 5 rings (SSSR count). The van der Waals surface area contributed by atoms with Gasteiger partial charge in [-0.05, 0) is 104 Å². The van der Waals surface area contributed by atoms with Crippen LogP contribution in [0.5, 0.6) is 5.75 Å². The number of carbonyl (C=O) groups is 1. The van der Waals surface area contributed by atoms with Gasteiger partial charge >= 0.3 is 0 Å². The van der Waals surface area contributed by atoms with E-state index in [0.717, 1.165) is 58.5 Å². The first-order chi connectivity index (χ1) is 19.4. The van der Waals surface area contributed by atoms with Crippen molar-refractivity contribution in [2.45, 2.75) is 52.6 Å². The van der Waals surface area contributed by atoms with Gasteiger partial charge in [0.15, 0.2) is 0 Å². The molecule has 206 valence electrons. The molecule has 0 radical (unpaired) electrons. The number of pyridine rings is 1. The second kappa shape index (κ2) is 12.0. The van der Waals surface area contributed by atoms with Crippen LogP contribution in [0.15, 0.2) is 72.9 Å². The molecular formula is C34H36FN3O2. The van der Waals surface area contributed by atoms with Crippen molar-refractivity contribution < 1.29 is 13.9 Å². The van der Waals surface area contributed by atoms with E-state index in [9.17, 15) is 4.79 Å². The summed E-state index contributed by atoms with van der Waals surface area (Å²) in [7, 11) is 1.61. The second-order valence-electron chi connectivity index (χ2n) is 10.6. The highest BCUT2D eigenvalue weighted by Crippen LogP contribution is 2.38. The van der Waals surface area contributed by atoms with Crippen LogP contribution in [0, 0.1) is 19.7 Å². The smallest absolute Gasteiger partial charge is 0.274 e. The predicted molar refractivity (Wildman–Crippen MR) is 159 cm³/mol. The minimum absolute atomic E-state index is 0.243. The van der Waals surface area contributed by atoms with Gasteiger partial charge in [0, 0.05) is 30.0 Å². The summed E-state index contributed by atoms with van der Waals surface area (Å²) in [5, 5.41) is 3.00. The quantitative estimate of drug-likeness (QED) is 0.261. The lowest BCUT2D eigenvalue weighted by Crippen LogP contribution is -2.37. The van der Waals surface area contributed by atoms with Crippen LogP contribution in [0.25, 0.3) is 22.3 Å². The molecule has 5 nitrogen and oxygen atoms in total. The lowest BCUT2D eigenvalue weighted by Gasteiger charge is -2.33. The summed E-state index contributed by atoms with van der Waals surface area (Å²) in [6.45, 7) is 7.79. The summed E-state index contributed by atoms with van der Waals surface area (Å²) in [5.41, 5.74) is 7.41. The topological polar surface area (TPSA) is 54.5 Å². The predicted octanol–water partition coefficient (Wildman–Crippen LogP) is 7.81. The number of rotatable bonds is 7. The van der Waals surface area contributed by atoms with Gasteiger partial charge < -0.3 is 10.1 Å². The molecule has 0 spiro atoms. The number of nitrogens with one attached hydrogen (secondary N) is 1. The summed E-state index contributed by atoms with van der Waals surface area (Å²) in [5.74, 6) is 0.0771. The minimum atomic E-state index is -0.257. The van der Waals surface area contributed by atoms with E-state index in [1.165, 1.54) is 6.42 Å². The van der Waals surface area contributed by atoms with Crippen molar-refractivity contribution >= 4 is 11.6 Å². The number of aromatic nitrogens is 1. The number of halogens is 1. The van der Waals surface area contributed by atoms with Gasteiger partial charge in [0.05, 0.1) is 7.11 Å². The zero-order valence-corrected chi connectivity index (χ0v) is 23.6. The van der Waals surface area contributed by atoms with Crippen molar-refractivity contribution in [3.8, 4) is 28.0 Å². The molecule has 6 heteroatoms. The molecule has 40 heavy (non-hydrogen) atoms. The SMILES string of the molecule is COc1cc(-c2cccc(-c3cccc(NC(=O)c4ccccn4)c3C)c2C)cc(F)c1CN1CCCC[C@H]1C. The summed E-state index contributed by atoms with van der Waals surface area (Å²) in [6.07, 6.45) is 5.11. The average Bonchev–Trinajstić information content (AvgIpc) is 2.97. The first-order valence-electron chi connectivity index (χ1n) is 13.9. The van der Waals surface area contributed by atoms with Crippen molar-refractivity contribution in [1.29, 1.82) is 0 Å². The van der Waals surface area contributed by atoms with Crippen molar-refractivity contribution in [2.75, 3.05) is 19.0 Å². The number of ether oxygens (including phenoxy) is 1. The number of hydrogen-bond donors (Lipinski definition) is 1. The highest BCUT2D eigenvalue weighted by atomic mass is 19.1. The lowest BCUT2D eigenvalue weighted by atomic mass is 9.90. The molecule has 1 aliphatic heterocycles. The zero-order chi connectivity index (χ0) is 28.2. The maximum Gasteiger partial charge on any atom is 0.274 e. The van der Waals surface area contributed by atoms with Gasteiger partial charge in [-0.25, -0.2) is 4.39 Å². The van der Waals surface area contributed by atoms with E-state index < -0.39 is 0 Å². The fraction of sp³-hybridized carbons (Fsp3) is 0.294. The van der Waals surface area contributed by atoms with Crippen LogP contribution < -0.4 is 10.1 Å². The van der Waals surface area contributed by atoms with Crippen molar-refractivity contribution in [2.24, 2.45) is 0 Å². The van der Waals surface area contributed by atoms with E-state index in [0.29, 0.717) is 29.6 Å². The summed E-state index contributed by atoms with van der Waals surface area (Å²) in [4.78, 5) is 19.3. The van der Waals surface area contributed by atoms with E-state index in [2.05, 4.69) is 35.1 Å². The molecule has 1 atom stereocenters. The summed E-state index contributed by atoms with van der Waals surface area (Å²) in [6, 6.07) is 21.2. The molecule has 1 aromatic heterocycles. The third-order valence-electron chi connectivity index (χ3n) is 8.09. The molecule has 1 N–H and O–H groups in total. The summed E-state index contributed by atoms with van der Waals surface area (Å²) >= 11 is 0. The largest absolute Gasteiger partial charge is 0.496 e. The molecular weight excluding hydrogens is 501 g/mol. The number of likely N-dealkylation sites (tertiary alicyclic amines) is 1. The maximum absolute atomic E-state index is 15.6. The number of nitrogens with zero attached hydrogens (tertiary/aromatic N) is 2. The van der Waals surface area contributed by atoms with Gasteiger partial charge in [0.2, 0.25) is 0 Å². The van der Waals surface area contributed by atoms with Crippen molar-refractivity contribution in [3.63, 3.8) is 0 Å². The molecule has 0 aliphatic carbocycles. The van der Waals surface area contributed by atoms with Crippen LogP contribution in [0.2, 0.25) is 0 Å². The van der Waals surface area contributed by atoms with Crippen LogP contribution in [0.1, 0.15) is 53.4 Å². The third kappa shape index (κ3) is 5.63. The molecule has 0 bridgehead atoms. The number of piperidine rings is 1. The number of methoxy groups -OCH3 is 1. The second-order valence-corrected chi connectivity index (χ2v) is 10.6. The Bertz CT molecular complexity index is 1520. The number of anilines is 1. The van der Waals surface area contributed by atoms with Crippen LogP contribution in [0.4, 0.5) is 10.1 Å². The highest BCUT2D eigenvalue weighted by Gasteiger charge is 2.23. The van der Waals surface area contributed by atoms with Crippen molar-refractivity contribution in [1.82, 2.24) is 9.88 Å². The van der Waals surface area contributed by atoms with Gasteiger partial charge in [0.25, 0.3) is 5.91 Å². The maximum atomic E-state index is 15.6. The number of carbonyl (C=O) groups excluding carboxylic acids is 1. The summed E-state index contributed by atoms with van der Waals surface area (Å²) < 4.78 is 21.4. The van der Waals surface area contributed by atoms with E-state index in [-0.39, 0.29) is 11.7 Å². The average molecular weight is 538 g/mol. The van der Waals surface area contributed by atoms with Gasteiger partial charge in [-0.15, -0.1) is 0 Å². The molecule has 3 aromatic carbocycles. The molecule has 2 heterocycles. The standard InChI is InChI=1S/C34H36FN3O2/c1-22-11-6-8-18-38(22)21-29-30(35)19-25(20-33(29)40-4)26-12-9-13-27(23(26)2)28-14-10-16-31(24(28)3)37-34(39)32-15-5-7-17-36-32/h5,7,9-10,12-17,19-20,22H,6,8,11,18,21H2,1-4H3,(H,37,39)/t22-/m1/s1. The third-order valence-corrected chi connectivity index (χ3v) is 8.09. The Labute approximate surface area is 236 Å².